The zero-order valence-corrected chi connectivity index (χ0v) is 11.1. The van der Waals surface area contributed by atoms with Gasteiger partial charge < -0.3 is 9.84 Å². The monoisotopic (exact) mass is 271 g/mol. The van der Waals surface area contributed by atoms with E-state index >= 15 is 0 Å². The van der Waals surface area contributed by atoms with Crippen LogP contribution in [0.5, 0.6) is 5.75 Å². The number of ether oxygens (including phenoxy) is 1. The summed E-state index contributed by atoms with van der Waals surface area (Å²) in [7, 11) is 1.55. The molecule has 1 N–H and O–H groups in total. The van der Waals surface area contributed by atoms with Crippen LogP contribution in [-0.4, -0.2) is 28.0 Å². The van der Waals surface area contributed by atoms with Crippen molar-refractivity contribution in [2.45, 2.75) is 13.5 Å². The molecule has 0 aliphatic rings. The van der Waals surface area contributed by atoms with Crippen molar-refractivity contribution >= 4 is 5.97 Å². The molecule has 1 aromatic carbocycles. The maximum Gasteiger partial charge on any atom is 0.339 e. The van der Waals surface area contributed by atoms with Crippen molar-refractivity contribution in [3.8, 4) is 11.8 Å². The third-order valence-electron chi connectivity index (χ3n) is 3.06. The second-order valence-corrected chi connectivity index (χ2v) is 4.24. The van der Waals surface area contributed by atoms with Gasteiger partial charge in [-0.1, -0.05) is 0 Å². The molecule has 0 spiro atoms. The van der Waals surface area contributed by atoms with Gasteiger partial charge in [0.25, 0.3) is 0 Å². The van der Waals surface area contributed by atoms with Gasteiger partial charge in [0.15, 0.2) is 0 Å². The highest BCUT2D eigenvalue weighted by Gasteiger charge is 2.14. The SMILES string of the molecule is COc1ccc(C#N)cc1Cn1ncc(C(=O)O)c1C. The second-order valence-electron chi connectivity index (χ2n) is 4.24. The maximum absolute atomic E-state index is 11.0. The first kappa shape index (κ1) is 13.6. The van der Waals surface area contributed by atoms with Crippen LogP contribution in [-0.2, 0) is 6.54 Å². The predicted octanol–water partition coefficient (Wildman–Crippen LogP) is 1.82. The highest BCUT2D eigenvalue weighted by molar-refractivity contribution is 5.88. The van der Waals surface area contributed by atoms with Gasteiger partial charge in [-0.25, -0.2) is 4.79 Å². The van der Waals surface area contributed by atoms with Crippen LogP contribution in [0.4, 0.5) is 0 Å². The molecule has 0 aliphatic carbocycles. The summed E-state index contributed by atoms with van der Waals surface area (Å²) in [6.45, 7) is 2.04. The van der Waals surface area contributed by atoms with E-state index in [1.807, 2.05) is 0 Å². The van der Waals surface area contributed by atoms with Gasteiger partial charge in [0.1, 0.15) is 11.3 Å². The zero-order valence-electron chi connectivity index (χ0n) is 11.1. The minimum atomic E-state index is -1.01. The number of benzene rings is 1. The number of nitriles is 1. The summed E-state index contributed by atoms with van der Waals surface area (Å²) in [6.07, 6.45) is 1.32. The van der Waals surface area contributed by atoms with Crippen LogP contribution in [0.1, 0.15) is 27.2 Å². The Morgan fingerprint density at radius 2 is 2.30 bits per heavy atom. The number of carboxylic acid groups (broad SMARTS) is 1. The molecule has 6 nitrogen and oxygen atoms in total. The van der Waals surface area contributed by atoms with E-state index in [1.165, 1.54) is 6.20 Å². The first-order valence-corrected chi connectivity index (χ1v) is 5.89. The van der Waals surface area contributed by atoms with E-state index in [1.54, 1.807) is 36.9 Å². The molecule has 20 heavy (non-hydrogen) atoms. The minimum absolute atomic E-state index is 0.167. The summed E-state index contributed by atoms with van der Waals surface area (Å²) in [4.78, 5) is 11.0. The lowest BCUT2D eigenvalue weighted by atomic mass is 10.1. The Kier molecular flexibility index (Phi) is 3.71. The Hall–Kier alpha value is -2.81. The first-order valence-electron chi connectivity index (χ1n) is 5.89. The summed E-state index contributed by atoms with van der Waals surface area (Å²) in [6, 6.07) is 7.15. The molecular weight excluding hydrogens is 258 g/mol. The fraction of sp³-hybridized carbons (Fsp3) is 0.214. The predicted molar refractivity (Wildman–Crippen MR) is 70.7 cm³/mol. The third kappa shape index (κ3) is 2.47. The number of carboxylic acids is 1. The number of hydrogen-bond acceptors (Lipinski definition) is 4. The Labute approximate surface area is 115 Å². The normalized spacial score (nSPS) is 10.1. The van der Waals surface area contributed by atoms with E-state index < -0.39 is 5.97 Å². The molecule has 0 saturated carbocycles. The van der Waals surface area contributed by atoms with Crippen molar-refractivity contribution in [1.82, 2.24) is 9.78 Å². The van der Waals surface area contributed by atoms with Gasteiger partial charge in [-0.15, -0.1) is 0 Å². The molecule has 0 aliphatic heterocycles. The molecule has 0 amide bonds. The van der Waals surface area contributed by atoms with Crippen molar-refractivity contribution in [2.24, 2.45) is 0 Å². The number of carbonyl (C=O) groups is 1. The molecule has 0 radical (unpaired) electrons. The lowest BCUT2D eigenvalue weighted by molar-refractivity contribution is 0.0696. The zero-order chi connectivity index (χ0) is 14.7. The Morgan fingerprint density at radius 3 is 2.85 bits per heavy atom. The summed E-state index contributed by atoms with van der Waals surface area (Å²) in [5, 5.41) is 22.0. The number of aromatic nitrogens is 2. The molecule has 0 bridgehead atoms. The van der Waals surface area contributed by atoms with E-state index in [-0.39, 0.29) is 5.56 Å². The number of hydrogen-bond donors (Lipinski definition) is 1. The van der Waals surface area contributed by atoms with Crippen molar-refractivity contribution in [2.75, 3.05) is 7.11 Å². The second kappa shape index (κ2) is 5.45. The van der Waals surface area contributed by atoms with Gasteiger partial charge in [0.05, 0.1) is 37.2 Å². The summed E-state index contributed by atoms with van der Waals surface area (Å²) >= 11 is 0. The average Bonchev–Trinajstić information content (AvgIpc) is 2.80. The van der Waals surface area contributed by atoms with Crippen LogP contribution < -0.4 is 4.74 Å². The molecule has 102 valence electrons. The van der Waals surface area contributed by atoms with Gasteiger partial charge in [-0.3, -0.25) is 4.68 Å². The van der Waals surface area contributed by atoms with Crippen LogP contribution in [0.2, 0.25) is 0 Å². The van der Waals surface area contributed by atoms with Gasteiger partial charge in [0.2, 0.25) is 0 Å². The molecule has 0 saturated heterocycles. The molecule has 0 fully saturated rings. The molecule has 0 atom stereocenters. The van der Waals surface area contributed by atoms with E-state index in [4.69, 9.17) is 15.1 Å². The van der Waals surface area contributed by atoms with Crippen LogP contribution in [0.25, 0.3) is 0 Å². The molecule has 0 unspecified atom stereocenters. The van der Waals surface area contributed by atoms with Gasteiger partial charge >= 0.3 is 5.97 Å². The topological polar surface area (TPSA) is 88.1 Å². The fourth-order valence-electron chi connectivity index (χ4n) is 1.95. The summed E-state index contributed by atoms with van der Waals surface area (Å²) in [5.41, 5.74) is 2.01. The molecule has 2 aromatic rings. The highest BCUT2D eigenvalue weighted by Crippen LogP contribution is 2.21. The number of aromatic carboxylic acids is 1. The minimum Gasteiger partial charge on any atom is -0.496 e. The van der Waals surface area contributed by atoms with Crippen LogP contribution in [0.3, 0.4) is 0 Å². The lowest BCUT2D eigenvalue weighted by Crippen LogP contribution is -2.07. The Morgan fingerprint density at radius 1 is 1.55 bits per heavy atom. The largest absolute Gasteiger partial charge is 0.496 e. The number of methoxy groups -OCH3 is 1. The maximum atomic E-state index is 11.0. The number of rotatable bonds is 4. The highest BCUT2D eigenvalue weighted by atomic mass is 16.5. The molecule has 2 rings (SSSR count). The summed E-state index contributed by atoms with van der Waals surface area (Å²) < 4.78 is 6.82. The fourth-order valence-corrected chi connectivity index (χ4v) is 1.95. The average molecular weight is 271 g/mol. The van der Waals surface area contributed by atoms with E-state index in [9.17, 15) is 4.79 Å². The molecular formula is C14H13N3O3. The van der Waals surface area contributed by atoms with Crippen LogP contribution >= 0.6 is 0 Å². The Balaban J connectivity index is 2.39. The van der Waals surface area contributed by atoms with Crippen molar-refractivity contribution in [1.29, 1.82) is 5.26 Å². The number of nitrogens with zero attached hydrogens (tertiary/aromatic N) is 3. The van der Waals surface area contributed by atoms with E-state index in [0.717, 1.165) is 5.56 Å². The van der Waals surface area contributed by atoms with Crippen molar-refractivity contribution in [3.63, 3.8) is 0 Å². The third-order valence-corrected chi connectivity index (χ3v) is 3.06. The van der Waals surface area contributed by atoms with Gasteiger partial charge in [-0.2, -0.15) is 10.4 Å². The Bertz CT molecular complexity index is 698. The van der Waals surface area contributed by atoms with Crippen LogP contribution in [0.15, 0.2) is 24.4 Å². The first-order chi connectivity index (χ1) is 9.56. The molecule has 6 heteroatoms. The lowest BCUT2D eigenvalue weighted by Gasteiger charge is -2.10. The van der Waals surface area contributed by atoms with Crippen LogP contribution in [0, 0.1) is 18.3 Å². The molecule has 1 heterocycles. The molecule has 1 aromatic heterocycles. The summed E-state index contributed by atoms with van der Waals surface area (Å²) in [5.74, 6) is -0.373. The van der Waals surface area contributed by atoms with E-state index in [0.29, 0.717) is 23.6 Å². The van der Waals surface area contributed by atoms with Crippen molar-refractivity contribution < 1.29 is 14.6 Å². The standard InChI is InChI=1S/C14H13N3O3/c1-9-12(14(18)19)7-16-17(9)8-11-5-10(6-15)3-4-13(11)20-2/h3-5,7H,8H2,1-2H3,(H,18,19). The van der Waals surface area contributed by atoms with Gasteiger partial charge in [-0.05, 0) is 25.1 Å². The quantitative estimate of drug-likeness (QED) is 0.916. The smallest absolute Gasteiger partial charge is 0.339 e. The van der Waals surface area contributed by atoms with Crippen molar-refractivity contribution in [3.05, 3.63) is 46.8 Å². The van der Waals surface area contributed by atoms with Gasteiger partial charge in [0, 0.05) is 5.56 Å². The van der Waals surface area contributed by atoms with E-state index in [2.05, 4.69) is 11.2 Å².